The van der Waals surface area contributed by atoms with Gasteiger partial charge in [-0.25, -0.2) is 0 Å². The van der Waals surface area contributed by atoms with Gasteiger partial charge in [-0.05, 0) is 22.0 Å². The normalized spacial score (nSPS) is 14.2. The van der Waals surface area contributed by atoms with Gasteiger partial charge in [-0.2, -0.15) is 0 Å². The number of nitrogens with zero attached hydrogens (tertiary/aromatic N) is 1. The van der Waals surface area contributed by atoms with E-state index in [1.807, 2.05) is 0 Å². The third-order valence-corrected chi connectivity index (χ3v) is 2.47. The van der Waals surface area contributed by atoms with Gasteiger partial charge in [-0.15, -0.1) is 0 Å². The van der Waals surface area contributed by atoms with E-state index in [-0.39, 0.29) is 6.42 Å². The summed E-state index contributed by atoms with van der Waals surface area (Å²) in [6, 6.07) is 1.62. The molecule has 0 saturated heterocycles. The van der Waals surface area contributed by atoms with E-state index in [0.29, 0.717) is 10.0 Å². The van der Waals surface area contributed by atoms with Gasteiger partial charge in [0.05, 0.1) is 19.6 Å². The number of carbonyl (C=O) groups is 1. The van der Waals surface area contributed by atoms with Gasteiger partial charge in [0, 0.05) is 22.4 Å². The van der Waals surface area contributed by atoms with Crippen LogP contribution in [0.4, 0.5) is 0 Å². The molecule has 0 aliphatic carbocycles. The van der Waals surface area contributed by atoms with Crippen LogP contribution in [-0.4, -0.2) is 34.4 Å². The molecule has 0 bridgehead atoms. The number of ether oxygens (including phenoxy) is 1. The average Bonchev–Trinajstić information content (AvgIpc) is 2.27. The molecule has 1 rings (SSSR count). The smallest absolute Gasteiger partial charge is 0.308 e. The lowest BCUT2D eigenvalue weighted by atomic mass is 10.0. The Morgan fingerprint density at radius 2 is 2.25 bits per heavy atom. The van der Waals surface area contributed by atoms with Gasteiger partial charge < -0.3 is 14.9 Å². The van der Waals surface area contributed by atoms with Crippen LogP contribution in [0.2, 0.25) is 0 Å². The molecular weight excluding hydrogens is 278 g/mol. The van der Waals surface area contributed by atoms with Crippen LogP contribution in [-0.2, 0) is 9.53 Å². The highest BCUT2D eigenvalue weighted by Gasteiger charge is 2.22. The van der Waals surface area contributed by atoms with Gasteiger partial charge in [0.25, 0.3) is 0 Å². The Kier molecular flexibility index (Phi) is 4.85. The van der Waals surface area contributed by atoms with Crippen molar-refractivity contribution < 1.29 is 19.7 Å². The maximum atomic E-state index is 10.9. The maximum Gasteiger partial charge on any atom is 0.308 e. The minimum Gasteiger partial charge on any atom is -0.469 e. The summed E-state index contributed by atoms with van der Waals surface area (Å²) < 4.78 is 5.08. The van der Waals surface area contributed by atoms with E-state index in [1.54, 1.807) is 12.3 Å². The summed E-state index contributed by atoms with van der Waals surface area (Å²) in [6.45, 7) is 0. The number of methoxy groups -OCH3 is 1. The SMILES string of the molecule is COC(=O)CC(O)C(O)c1cncc(Br)c1. The average molecular weight is 290 g/mol. The first-order valence-electron chi connectivity index (χ1n) is 4.58. The Hall–Kier alpha value is -0.980. The van der Waals surface area contributed by atoms with E-state index >= 15 is 0 Å². The predicted octanol–water partition coefficient (Wildman–Crippen LogP) is 0.801. The van der Waals surface area contributed by atoms with E-state index in [1.165, 1.54) is 13.3 Å². The van der Waals surface area contributed by atoms with Crippen LogP contribution >= 0.6 is 15.9 Å². The van der Waals surface area contributed by atoms with Crippen molar-refractivity contribution in [3.8, 4) is 0 Å². The zero-order valence-corrected chi connectivity index (χ0v) is 10.2. The Balaban J connectivity index is 2.70. The molecular formula is C10H12BrNO4. The Morgan fingerprint density at radius 1 is 1.56 bits per heavy atom. The summed E-state index contributed by atoms with van der Waals surface area (Å²) in [6.07, 6.45) is 0.357. The second kappa shape index (κ2) is 5.93. The summed E-state index contributed by atoms with van der Waals surface area (Å²) in [5, 5.41) is 19.3. The number of aromatic nitrogens is 1. The zero-order chi connectivity index (χ0) is 12.1. The molecule has 0 radical (unpaired) electrons. The molecule has 0 saturated carbocycles. The number of hydrogen-bond donors (Lipinski definition) is 2. The van der Waals surface area contributed by atoms with Crippen molar-refractivity contribution in [2.24, 2.45) is 0 Å². The highest BCUT2D eigenvalue weighted by Crippen LogP contribution is 2.21. The van der Waals surface area contributed by atoms with E-state index in [9.17, 15) is 15.0 Å². The molecule has 0 amide bonds. The Bertz CT molecular complexity index is 372. The molecule has 6 heteroatoms. The molecule has 5 nitrogen and oxygen atoms in total. The van der Waals surface area contributed by atoms with Crippen molar-refractivity contribution in [3.63, 3.8) is 0 Å². The first kappa shape index (κ1) is 13.1. The molecule has 2 atom stereocenters. The van der Waals surface area contributed by atoms with Crippen LogP contribution in [0, 0.1) is 0 Å². The molecule has 2 unspecified atom stereocenters. The molecule has 0 fully saturated rings. The number of aliphatic hydroxyl groups is 2. The largest absolute Gasteiger partial charge is 0.469 e. The van der Waals surface area contributed by atoms with Crippen molar-refractivity contribution >= 4 is 21.9 Å². The van der Waals surface area contributed by atoms with Gasteiger partial charge in [-0.3, -0.25) is 9.78 Å². The predicted molar refractivity (Wildman–Crippen MR) is 59.5 cm³/mol. The number of pyridine rings is 1. The van der Waals surface area contributed by atoms with Gasteiger partial charge in [0.1, 0.15) is 6.10 Å². The molecule has 1 aromatic heterocycles. The molecule has 88 valence electrons. The number of aliphatic hydroxyl groups excluding tert-OH is 2. The summed E-state index contributed by atoms with van der Waals surface area (Å²) in [5.74, 6) is -0.575. The molecule has 0 aliphatic heterocycles. The maximum absolute atomic E-state index is 10.9. The molecule has 0 spiro atoms. The van der Waals surface area contributed by atoms with Crippen LogP contribution in [0.3, 0.4) is 0 Å². The lowest BCUT2D eigenvalue weighted by molar-refractivity contribution is -0.144. The van der Waals surface area contributed by atoms with Crippen molar-refractivity contribution in [1.29, 1.82) is 0 Å². The summed E-state index contributed by atoms with van der Waals surface area (Å²) >= 11 is 3.20. The first-order valence-corrected chi connectivity index (χ1v) is 5.37. The highest BCUT2D eigenvalue weighted by atomic mass is 79.9. The van der Waals surface area contributed by atoms with Gasteiger partial charge in [0.2, 0.25) is 0 Å². The van der Waals surface area contributed by atoms with Gasteiger partial charge in [0.15, 0.2) is 0 Å². The minimum absolute atomic E-state index is 0.260. The fourth-order valence-corrected chi connectivity index (χ4v) is 1.56. The Labute approximate surface area is 101 Å². The standard InChI is InChI=1S/C10H12BrNO4/c1-16-9(14)3-8(13)10(15)6-2-7(11)5-12-4-6/h2,4-5,8,10,13,15H,3H2,1H3. The van der Waals surface area contributed by atoms with Crippen molar-refractivity contribution in [2.45, 2.75) is 18.6 Å². The lowest BCUT2D eigenvalue weighted by Crippen LogP contribution is -2.22. The highest BCUT2D eigenvalue weighted by molar-refractivity contribution is 9.10. The molecule has 16 heavy (non-hydrogen) atoms. The van der Waals surface area contributed by atoms with E-state index in [0.717, 1.165) is 0 Å². The quantitative estimate of drug-likeness (QED) is 0.802. The zero-order valence-electron chi connectivity index (χ0n) is 8.63. The third kappa shape index (κ3) is 3.55. The second-order valence-electron chi connectivity index (χ2n) is 3.23. The number of carbonyl (C=O) groups excluding carboxylic acids is 1. The van der Waals surface area contributed by atoms with Gasteiger partial charge >= 0.3 is 5.97 Å². The summed E-state index contributed by atoms with van der Waals surface area (Å²) in [5.41, 5.74) is 0.436. The van der Waals surface area contributed by atoms with E-state index < -0.39 is 18.2 Å². The Morgan fingerprint density at radius 3 is 2.81 bits per heavy atom. The van der Waals surface area contributed by atoms with Crippen molar-refractivity contribution in [1.82, 2.24) is 4.98 Å². The van der Waals surface area contributed by atoms with Crippen LogP contribution in [0.5, 0.6) is 0 Å². The van der Waals surface area contributed by atoms with Crippen LogP contribution in [0.25, 0.3) is 0 Å². The monoisotopic (exact) mass is 289 g/mol. The number of esters is 1. The second-order valence-corrected chi connectivity index (χ2v) is 4.14. The molecule has 2 N–H and O–H groups in total. The van der Waals surface area contributed by atoms with Crippen LogP contribution < -0.4 is 0 Å². The lowest BCUT2D eigenvalue weighted by Gasteiger charge is -2.16. The molecule has 0 aliphatic rings. The van der Waals surface area contributed by atoms with Gasteiger partial charge in [-0.1, -0.05) is 0 Å². The van der Waals surface area contributed by atoms with Crippen molar-refractivity contribution in [3.05, 3.63) is 28.5 Å². The van der Waals surface area contributed by atoms with Crippen LogP contribution in [0.1, 0.15) is 18.1 Å². The topological polar surface area (TPSA) is 79.7 Å². The molecule has 0 aromatic carbocycles. The molecule has 1 heterocycles. The summed E-state index contributed by atoms with van der Waals surface area (Å²) in [4.78, 5) is 14.8. The summed E-state index contributed by atoms with van der Waals surface area (Å²) in [7, 11) is 1.22. The van der Waals surface area contributed by atoms with Crippen molar-refractivity contribution in [2.75, 3.05) is 7.11 Å². The number of halogens is 1. The fraction of sp³-hybridized carbons (Fsp3) is 0.400. The van der Waals surface area contributed by atoms with E-state index in [4.69, 9.17) is 0 Å². The van der Waals surface area contributed by atoms with Crippen LogP contribution in [0.15, 0.2) is 22.9 Å². The number of rotatable bonds is 4. The number of hydrogen-bond acceptors (Lipinski definition) is 5. The first-order chi connectivity index (χ1) is 7.54. The minimum atomic E-state index is -1.21. The van der Waals surface area contributed by atoms with E-state index in [2.05, 4.69) is 25.7 Å². The molecule has 1 aromatic rings. The third-order valence-electron chi connectivity index (χ3n) is 2.04. The fourth-order valence-electron chi connectivity index (χ4n) is 1.18.